The Labute approximate surface area is 145 Å². The predicted molar refractivity (Wildman–Crippen MR) is 95.1 cm³/mol. The van der Waals surface area contributed by atoms with E-state index in [1.54, 1.807) is 36.9 Å². The van der Waals surface area contributed by atoms with E-state index in [2.05, 4.69) is 4.98 Å². The average molecular weight is 345 g/mol. The summed E-state index contributed by atoms with van der Waals surface area (Å²) in [6.07, 6.45) is 0.903. The van der Waals surface area contributed by atoms with Gasteiger partial charge in [0.15, 0.2) is 0 Å². The molecular weight excluding hydrogens is 322 g/mol. The molecule has 1 aliphatic heterocycles. The zero-order valence-corrected chi connectivity index (χ0v) is 14.7. The molecule has 0 bridgehead atoms. The van der Waals surface area contributed by atoms with Crippen LogP contribution in [-0.4, -0.2) is 46.2 Å². The molecule has 1 aromatic carbocycles. The van der Waals surface area contributed by atoms with Crippen molar-refractivity contribution in [2.75, 3.05) is 19.7 Å². The molecule has 134 valence electrons. The van der Waals surface area contributed by atoms with Crippen LogP contribution >= 0.6 is 0 Å². The lowest BCUT2D eigenvalue weighted by molar-refractivity contribution is -0.0226. The van der Waals surface area contributed by atoms with Crippen molar-refractivity contribution in [2.24, 2.45) is 0 Å². The number of carbonyl (C=O) groups excluding carboxylic acids is 1. The highest BCUT2D eigenvalue weighted by Gasteiger charge is 2.24. The van der Waals surface area contributed by atoms with Crippen LogP contribution in [0.15, 0.2) is 27.8 Å². The fourth-order valence-electron chi connectivity index (χ4n) is 3.17. The van der Waals surface area contributed by atoms with Crippen LogP contribution in [0, 0.1) is 0 Å². The van der Waals surface area contributed by atoms with Crippen LogP contribution in [0.4, 0.5) is 0 Å². The summed E-state index contributed by atoms with van der Waals surface area (Å²) in [5.41, 5.74) is 0.0411. The lowest BCUT2D eigenvalue weighted by Crippen LogP contribution is -2.45. The number of benzene rings is 1. The van der Waals surface area contributed by atoms with Crippen molar-refractivity contribution >= 4 is 16.8 Å². The first kappa shape index (κ1) is 17.4. The fraction of sp³-hybridized carbons (Fsp3) is 0.500. The quantitative estimate of drug-likeness (QED) is 0.914. The van der Waals surface area contributed by atoms with Crippen LogP contribution in [0.3, 0.4) is 0 Å². The number of H-pyrrole nitrogens is 1. The van der Waals surface area contributed by atoms with E-state index in [1.807, 2.05) is 6.92 Å². The van der Waals surface area contributed by atoms with Gasteiger partial charge in [0.25, 0.3) is 11.5 Å². The highest BCUT2D eigenvalue weighted by molar-refractivity contribution is 5.97. The monoisotopic (exact) mass is 345 g/mol. The van der Waals surface area contributed by atoms with Crippen LogP contribution in [0.25, 0.3) is 10.9 Å². The number of amides is 1. The molecule has 1 fully saturated rings. The van der Waals surface area contributed by atoms with Crippen LogP contribution < -0.4 is 11.2 Å². The second-order valence-electron chi connectivity index (χ2n) is 6.61. The first-order valence-corrected chi connectivity index (χ1v) is 8.61. The molecule has 0 saturated carbocycles. The van der Waals surface area contributed by atoms with Gasteiger partial charge in [-0.05, 0) is 38.5 Å². The summed E-state index contributed by atoms with van der Waals surface area (Å²) < 4.78 is 6.77. The molecule has 0 aliphatic carbocycles. The van der Waals surface area contributed by atoms with Gasteiger partial charge in [-0.2, -0.15) is 0 Å². The van der Waals surface area contributed by atoms with Crippen molar-refractivity contribution in [3.8, 4) is 0 Å². The molecule has 1 aromatic heterocycles. The fourth-order valence-corrected chi connectivity index (χ4v) is 3.17. The van der Waals surface area contributed by atoms with E-state index in [1.165, 1.54) is 4.57 Å². The van der Waals surface area contributed by atoms with Gasteiger partial charge >= 0.3 is 5.69 Å². The maximum Gasteiger partial charge on any atom is 0.329 e. The third-order valence-corrected chi connectivity index (χ3v) is 4.57. The van der Waals surface area contributed by atoms with Crippen LogP contribution in [0.5, 0.6) is 0 Å². The van der Waals surface area contributed by atoms with Crippen molar-refractivity contribution < 1.29 is 9.53 Å². The van der Waals surface area contributed by atoms with Crippen LogP contribution in [0.2, 0.25) is 0 Å². The Kier molecular flexibility index (Phi) is 4.76. The minimum atomic E-state index is -0.463. The highest BCUT2D eigenvalue weighted by atomic mass is 16.5. The summed E-state index contributed by atoms with van der Waals surface area (Å²) in [6.45, 7) is 7.20. The Morgan fingerprint density at radius 2 is 2.12 bits per heavy atom. The second-order valence-corrected chi connectivity index (χ2v) is 6.61. The molecule has 0 spiro atoms. The number of nitrogens with zero attached hydrogens (tertiary/aromatic N) is 2. The molecule has 3 rings (SSSR count). The standard InChI is InChI=1S/C18H23N3O4/c1-4-13-10-20(7-8-25-13)16(22)12-5-6-14-15(9-12)19-18(24)21(11(2)3)17(14)23/h5-6,9,11,13H,4,7-8,10H2,1-3H3,(H,19,24)/t13-/m0/s1. The third kappa shape index (κ3) is 3.24. The Balaban J connectivity index is 1.99. The van der Waals surface area contributed by atoms with Gasteiger partial charge in [0, 0.05) is 24.7 Å². The zero-order valence-electron chi connectivity index (χ0n) is 14.7. The SMILES string of the molecule is CC[C@H]1CN(C(=O)c2ccc3c(=O)n(C(C)C)c(=O)[nH]c3c2)CCO1. The number of nitrogens with one attached hydrogen (secondary N) is 1. The van der Waals surface area contributed by atoms with E-state index in [0.29, 0.717) is 36.2 Å². The van der Waals surface area contributed by atoms with Crippen molar-refractivity contribution in [1.82, 2.24) is 14.5 Å². The maximum absolute atomic E-state index is 12.7. The normalized spacial score (nSPS) is 18.1. The van der Waals surface area contributed by atoms with Gasteiger partial charge in [0.1, 0.15) is 0 Å². The molecular formula is C18H23N3O4. The number of ether oxygens (including phenoxy) is 1. The number of hydrogen-bond acceptors (Lipinski definition) is 4. The van der Waals surface area contributed by atoms with Gasteiger partial charge in [-0.25, -0.2) is 4.79 Å². The smallest absolute Gasteiger partial charge is 0.329 e. The molecule has 2 heterocycles. The maximum atomic E-state index is 12.7. The van der Waals surface area contributed by atoms with Gasteiger partial charge < -0.3 is 14.6 Å². The van der Waals surface area contributed by atoms with Crippen LogP contribution in [-0.2, 0) is 4.74 Å². The highest BCUT2D eigenvalue weighted by Crippen LogP contribution is 2.15. The minimum Gasteiger partial charge on any atom is -0.375 e. The third-order valence-electron chi connectivity index (χ3n) is 4.57. The second kappa shape index (κ2) is 6.84. The lowest BCUT2D eigenvalue weighted by atomic mass is 10.1. The molecule has 1 N–H and O–H groups in total. The van der Waals surface area contributed by atoms with Gasteiger partial charge in [-0.1, -0.05) is 6.92 Å². The number of carbonyl (C=O) groups is 1. The van der Waals surface area contributed by atoms with E-state index in [-0.39, 0.29) is 23.6 Å². The summed E-state index contributed by atoms with van der Waals surface area (Å²) in [4.78, 5) is 41.9. The Hall–Kier alpha value is -2.41. The van der Waals surface area contributed by atoms with E-state index < -0.39 is 5.69 Å². The molecule has 0 unspecified atom stereocenters. The number of morpholine rings is 1. The van der Waals surface area contributed by atoms with E-state index >= 15 is 0 Å². The Bertz CT molecular complexity index is 913. The summed E-state index contributed by atoms with van der Waals surface area (Å²) in [5.74, 6) is -0.113. The minimum absolute atomic E-state index is 0.0520. The molecule has 1 amide bonds. The van der Waals surface area contributed by atoms with Crippen LogP contribution in [0.1, 0.15) is 43.6 Å². The topological polar surface area (TPSA) is 84.4 Å². The van der Waals surface area contributed by atoms with Gasteiger partial charge in [-0.15, -0.1) is 0 Å². The Morgan fingerprint density at radius 3 is 2.80 bits per heavy atom. The van der Waals surface area contributed by atoms with E-state index in [4.69, 9.17) is 4.74 Å². The van der Waals surface area contributed by atoms with Crippen molar-refractivity contribution in [3.05, 3.63) is 44.6 Å². The molecule has 25 heavy (non-hydrogen) atoms. The van der Waals surface area contributed by atoms with Gasteiger partial charge in [0.2, 0.25) is 0 Å². The van der Waals surface area contributed by atoms with Crippen molar-refractivity contribution in [2.45, 2.75) is 39.3 Å². The number of fused-ring (bicyclic) bond motifs is 1. The summed E-state index contributed by atoms with van der Waals surface area (Å²) in [5, 5.41) is 0.401. The average Bonchev–Trinajstić information content (AvgIpc) is 2.60. The van der Waals surface area contributed by atoms with Crippen molar-refractivity contribution in [3.63, 3.8) is 0 Å². The lowest BCUT2D eigenvalue weighted by Gasteiger charge is -2.32. The number of rotatable bonds is 3. The molecule has 7 heteroatoms. The molecule has 1 saturated heterocycles. The number of aromatic amines is 1. The van der Waals surface area contributed by atoms with E-state index in [0.717, 1.165) is 6.42 Å². The van der Waals surface area contributed by atoms with Gasteiger partial charge in [0.05, 0.1) is 23.6 Å². The molecule has 0 radical (unpaired) electrons. The molecule has 2 aromatic rings. The summed E-state index contributed by atoms with van der Waals surface area (Å²) in [6, 6.07) is 4.60. The number of hydrogen-bond donors (Lipinski definition) is 1. The Morgan fingerprint density at radius 1 is 1.36 bits per heavy atom. The molecule has 7 nitrogen and oxygen atoms in total. The predicted octanol–water partition coefficient (Wildman–Crippen LogP) is 1.52. The van der Waals surface area contributed by atoms with Crippen molar-refractivity contribution in [1.29, 1.82) is 0 Å². The summed E-state index contributed by atoms with van der Waals surface area (Å²) in [7, 11) is 0. The first-order valence-electron chi connectivity index (χ1n) is 8.61. The molecule has 1 atom stereocenters. The molecule has 1 aliphatic rings. The van der Waals surface area contributed by atoms with E-state index in [9.17, 15) is 14.4 Å². The largest absolute Gasteiger partial charge is 0.375 e. The number of aromatic nitrogens is 2. The summed E-state index contributed by atoms with van der Waals surface area (Å²) >= 11 is 0. The first-order chi connectivity index (χ1) is 11.9. The zero-order chi connectivity index (χ0) is 18.1. The van der Waals surface area contributed by atoms with Gasteiger partial charge in [-0.3, -0.25) is 14.2 Å².